The molecule has 1 N–H and O–H groups in total. The maximum atomic E-state index is 12.3. The van der Waals surface area contributed by atoms with Crippen molar-refractivity contribution in [1.29, 1.82) is 0 Å². The lowest BCUT2D eigenvalue weighted by molar-refractivity contribution is -0.132. The molecule has 0 aromatic carbocycles. The van der Waals surface area contributed by atoms with Crippen LogP contribution in [0.3, 0.4) is 0 Å². The molecule has 0 aliphatic carbocycles. The standard InChI is InChI=1S/C14H14Cl2N2O3S2/c1-7(2)11(13(19)17-6-8-4-3-5-22-8)21-14(20)10-9(15)12(16)23-18-10/h3-5,7,11H,6H2,1-2H3,(H,17,19). The number of halogens is 2. The zero-order chi connectivity index (χ0) is 17.0. The molecular formula is C14H14Cl2N2O3S2. The molecule has 0 saturated carbocycles. The van der Waals surface area contributed by atoms with Gasteiger partial charge in [-0.25, -0.2) is 4.79 Å². The molecule has 1 atom stereocenters. The lowest BCUT2D eigenvalue weighted by atomic mass is 10.1. The van der Waals surface area contributed by atoms with Gasteiger partial charge < -0.3 is 10.1 Å². The van der Waals surface area contributed by atoms with E-state index in [2.05, 4.69) is 9.69 Å². The van der Waals surface area contributed by atoms with Crippen molar-refractivity contribution in [2.75, 3.05) is 0 Å². The summed E-state index contributed by atoms with van der Waals surface area (Å²) in [5.41, 5.74) is -0.0710. The smallest absolute Gasteiger partial charge is 0.360 e. The predicted octanol–water partition coefficient (Wildman–Crippen LogP) is 4.01. The van der Waals surface area contributed by atoms with E-state index in [1.165, 1.54) is 11.3 Å². The van der Waals surface area contributed by atoms with Crippen LogP contribution in [0.15, 0.2) is 17.5 Å². The summed E-state index contributed by atoms with van der Waals surface area (Å²) in [5, 5.41) is 4.73. The van der Waals surface area contributed by atoms with E-state index in [-0.39, 0.29) is 26.9 Å². The fourth-order valence-electron chi connectivity index (χ4n) is 1.74. The van der Waals surface area contributed by atoms with Crippen LogP contribution in [0, 0.1) is 5.92 Å². The van der Waals surface area contributed by atoms with Gasteiger partial charge in [0.15, 0.2) is 11.8 Å². The minimum Gasteiger partial charge on any atom is -0.447 e. The highest BCUT2D eigenvalue weighted by Gasteiger charge is 2.29. The van der Waals surface area contributed by atoms with Gasteiger partial charge in [0.25, 0.3) is 5.91 Å². The van der Waals surface area contributed by atoms with Crippen molar-refractivity contribution in [2.45, 2.75) is 26.5 Å². The van der Waals surface area contributed by atoms with Crippen molar-refractivity contribution < 1.29 is 14.3 Å². The molecule has 0 radical (unpaired) electrons. The number of aromatic nitrogens is 1. The Bertz CT molecular complexity index is 686. The van der Waals surface area contributed by atoms with E-state index in [1.54, 1.807) is 13.8 Å². The molecule has 0 bridgehead atoms. The number of rotatable bonds is 6. The number of esters is 1. The third kappa shape index (κ3) is 4.67. The average molecular weight is 393 g/mol. The second-order valence-electron chi connectivity index (χ2n) is 4.99. The van der Waals surface area contributed by atoms with Crippen molar-refractivity contribution in [2.24, 2.45) is 5.92 Å². The molecule has 1 unspecified atom stereocenters. The summed E-state index contributed by atoms with van der Waals surface area (Å²) in [6.45, 7) is 3.97. The molecule has 5 nitrogen and oxygen atoms in total. The van der Waals surface area contributed by atoms with Crippen LogP contribution in [0.5, 0.6) is 0 Å². The van der Waals surface area contributed by atoms with E-state index in [0.29, 0.717) is 6.54 Å². The lowest BCUT2D eigenvalue weighted by Gasteiger charge is -2.20. The van der Waals surface area contributed by atoms with Gasteiger partial charge in [-0.1, -0.05) is 43.1 Å². The number of amides is 1. The summed E-state index contributed by atoms with van der Waals surface area (Å²) < 4.78 is 9.33. The molecule has 9 heteroatoms. The minimum atomic E-state index is -0.931. The molecule has 2 heterocycles. The molecule has 1 amide bonds. The zero-order valence-corrected chi connectivity index (χ0v) is 15.5. The largest absolute Gasteiger partial charge is 0.447 e. The Morgan fingerprint density at radius 2 is 2.13 bits per heavy atom. The highest BCUT2D eigenvalue weighted by atomic mass is 35.5. The summed E-state index contributed by atoms with van der Waals surface area (Å²) in [6.07, 6.45) is -0.931. The van der Waals surface area contributed by atoms with Gasteiger partial charge in [0.05, 0.1) is 6.54 Å². The summed E-state index contributed by atoms with van der Waals surface area (Å²) in [7, 11) is 0. The molecule has 23 heavy (non-hydrogen) atoms. The van der Waals surface area contributed by atoms with Crippen molar-refractivity contribution >= 4 is 57.9 Å². The second-order valence-corrected chi connectivity index (χ2v) is 7.77. The number of thiophene rings is 1. The van der Waals surface area contributed by atoms with Crippen molar-refractivity contribution in [1.82, 2.24) is 9.69 Å². The Kier molecular flexibility index (Phi) is 6.41. The quantitative estimate of drug-likeness (QED) is 0.753. The van der Waals surface area contributed by atoms with E-state index >= 15 is 0 Å². The Hall–Kier alpha value is -1.15. The van der Waals surface area contributed by atoms with E-state index in [4.69, 9.17) is 27.9 Å². The molecule has 0 aliphatic rings. The van der Waals surface area contributed by atoms with Crippen molar-refractivity contribution in [3.05, 3.63) is 37.4 Å². The number of ether oxygens (including phenoxy) is 1. The van der Waals surface area contributed by atoms with Crippen LogP contribution in [0.1, 0.15) is 29.2 Å². The Morgan fingerprint density at radius 3 is 2.65 bits per heavy atom. The molecule has 2 rings (SSSR count). The monoisotopic (exact) mass is 392 g/mol. The van der Waals surface area contributed by atoms with E-state index < -0.39 is 12.1 Å². The average Bonchev–Trinajstić information content (AvgIpc) is 3.13. The van der Waals surface area contributed by atoms with Gasteiger partial charge >= 0.3 is 5.97 Å². The third-order valence-corrected chi connectivity index (χ3v) is 5.39. The van der Waals surface area contributed by atoms with Gasteiger partial charge in [0, 0.05) is 4.88 Å². The van der Waals surface area contributed by atoms with E-state index in [9.17, 15) is 9.59 Å². The number of carbonyl (C=O) groups is 2. The highest BCUT2D eigenvalue weighted by molar-refractivity contribution is 7.11. The zero-order valence-electron chi connectivity index (χ0n) is 12.3. The van der Waals surface area contributed by atoms with Crippen molar-refractivity contribution in [3.8, 4) is 0 Å². The number of hydrogen-bond donors (Lipinski definition) is 1. The van der Waals surface area contributed by atoms with Gasteiger partial charge in [0.2, 0.25) is 0 Å². The highest BCUT2D eigenvalue weighted by Crippen LogP contribution is 2.30. The first-order valence-corrected chi connectivity index (χ1v) is 9.12. The fraction of sp³-hybridized carbons (Fsp3) is 0.357. The first-order chi connectivity index (χ1) is 10.9. The third-order valence-electron chi connectivity index (χ3n) is 2.91. The summed E-state index contributed by atoms with van der Waals surface area (Å²) in [5.74, 6) is -1.32. The molecule has 2 aromatic rings. The normalized spacial score (nSPS) is 12.2. The van der Waals surface area contributed by atoms with Gasteiger partial charge in [-0.05, 0) is 28.9 Å². The first kappa shape index (κ1) is 18.2. The van der Waals surface area contributed by atoms with Gasteiger partial charge in [-0.15, -0.1) is 11.3 Å². The summed E-state index contributed by atoms with van der Waals surface area (Å²) in [4.78, 5) is 25.4. The SMILES string of the molecule is CC(C)C(OC(=O)c1nsc(Cl)c1Cl)C(=O)NCc1cccs1. The Labute approximate surface area is 151 Å². The molecule has 0 aliphatic heterocycles. The van der Waals surface area contributed by atoms with Gasteiger partial charge in [-0.2, -0.15) is 4.37 Å². The van der Waals surface area contributed by atoms with Crippen LogP contribution >= 0.6 is 46.1 Å². The van der Waals surface area contributed by atoms with Crippen LogP contribution in [0.4, 0.5) is 0 Å². The van der Waals surface area contributed by atoms with Crippen LogP contribution in [-0.4, -0.2) is 22.4 Å². The first-order valence-electron chi connectivity index (χ1n) is 6.72. The topological polar surface area (TPSA) is 68.3 Å². The molecule has 0 saturated heterocycles. The lowest BCUT2D eigenvalue weighted by Crippen LogP contribution is -2.40. The van der Waals surface area contributed by atoms with Crippen LogP contribution in [-0.2, 0) is 16.1 Å². The number of hydrogen-bond acceptors (Lipinski definition) is 6. The molecule has 2 aromatic heterocycles. The van der Waals surface area contributed by atoms with E-state index in [1.807, 2.05) is 17.5 Å². The molecular weight excluding hydrogens is 379 g/mol. The number of nitrogens with one attached hydrogen (secondary N) is 1. The van der Waals surface area contributed by atoms with Crippen LogP contribution in [0.25, 0.3) is 0 Å². The molecule has 0 fully saturated rings. The maximum absolute atomic E-state index is 12.3. The van der Waals surface area contributed by atoms with Crippen molar-refractivity contribution in [3.63, 3.8) is 0 Å². The van der Waals surface area contributed by atoms with Gasteiger partial charge in [0.1, 0.15) is 9.36 Å². The van der Waals surface area contributed by atoms with E-state index in [0.717, 1.165) is 16.4 Å². The number of carbonyl (C=O) groups excluding carboxylic acids is 2. The van der Waals surface area contributed by atoms with Crippen LogP contribution in [0.2, 0.25) is 9.36 Å². The summed E-state index contributed by atoms with van der Waals surface area (Å²) >= 11 is 14.1. The molecule has 124 valence electrons. The Morgan fingerprint density at radius 1 is 1.39 bits per heavy atom. The second kappa shape index (κ2) is 8.10. The fourth-order valence-corrected chi connectivity index (χ4v) is 3.36. The number of nitrogens with zero attached hydrogens (tertiary/aromatic N) is 1. The van der Waals surface area contributed by atoms with Gasteiger partial charge in [-0.3, -0.25) is 4.79 Å². The Balaban J connectivity index is 2.01. The summed E-state index contributed by atoms with van der Waals surface area (Å²) in [6, 6.07) is 3.82. The molecule has 0 spiro atoms. The maximum Gasteiger partial charge on any atom is 0.360 e. The predicted molar refractivity (Wildman–Crippen MR) is 92.3 cm³/mol. The van der Waals surface area contributed by atoms with Crippen LogP contribution < -0.4 is 5.32 Å². The minimum absolute atomic E-state index is 0.0446.